The highest BCUT2D eigenvalue weighted by Gasteiger charge is 2.11. The fraction of sp³-hybridized carbons (Fsp3) is 0.556. The summed E-state index contributed by atoms with van der Waals surface area (Å²) in [5.74, 6) is -0.0606. The number of hydrogen-bond acceptors (Lipinski definition) is 3. The summed E-state index contributed by atoms with van der Waals surface area (Å²) in [4.78, 5) is 13.0. The molecule has 1 rings (SSSR count). The van der Waals surface area contributed by atoms with Crippen LogP contribution in [0.2, 0.25) is 0 Å². The molecule has 0 spiro atoms. The first-order valence-corrected chi connectivity index (χ1v) is 4.49. The molecule has 1 aromatic rings. The van der Waals surface area contributed by atoms with E-state index in [4.69, 9.17) is 5.11 Å². The highest BCUT2D eigenvalue weighted by atomic mass is 16.3. The van der Waals surface area contributed by atoms with Crippen molar-refractivity contribution >= 4 is 5.91 Å². The third-order valence-electron chi connectivity index (χ3n) is 1.82. The van der Waals surface area contributed by atoms with Gasteiger partial charge < -0.3 is 10.0 Å². The minimum Gasteiger partial charge on any atom is -0.392 e. The summed E-state index contributed by atoms with van der Waals surface area (Å²) in [6, 6.07) is 1.77. The minimum absolute atomic E-state index is 0.0606. The summed E-state index contributed by atoms with van der Waals surface area (Å²) in [6.45, 7) is 2.22. The second-order valence-corrected chi connectivity index (χ2v) is 3.33. The lowest BCUT2D eigenvalue weighted by molar-refractivity contribution is -0.131. The Morgan fingerprint density at radius 3 is 2.93 bits per heavy atom. The van der Waals surface area contributed by atoms with Gasteiger partial charge in [-0.2, -0.15) is 5.10 Å². The van der Waals surface area contributed by atoms with E-state index >= 15 is 0 Å². The zero-order valence-electron chi connectivity index (χ0n) is 8.42. The first kappa shape index (κ1) is 10.7. The van der Waals surface area contributed by atoms with Crippen molar-refractivity contribution in [1.29, 1.82) is 0 Å². The van der Waals surface area contributed by atoms with Crippen molar-refractivity contribution in [2.75, 3.05) is 13.6 Å². The van der Waals surface area contributed by atoms with Crippen LogP contribution >= 0.6 is 0 Å². The first-order chi connectivity index (χ1) is 6.59. The maximum atomic E-state index is 11.5. The van der Waals surface area contributed by atoms with Gasteiger partial charge in [0.25, 0.3) is 0 Å². The molecule has 1 N–H and O–H groups in total. The van der Waals surface area contributed by atoms with Crippen molar-refractivity contribution < 1.29 is 9.90 Å². The van der Waals surface area contributed by atoms with Crippen molar-refractivity contribution in [3.63, 3.8) is 0 Å². The average molecular weight is 197 g/mol. The van der Waals surface area contributed by atoms with E-state index in [2.05, 4.69) is 5.10 Å². The summed E-state index contributed by atoms with van der Waals surface area (Å²) >= 11 is 0. The quantitative estimate of drug-likeness (QED) is 0.722. The molecule has 0 aliphatic heterocycles. The van der Waals surface area contributed by atoms with Crippen LogP contribution in [0.15, 0.2) is 18.5 Å². The molecular formula is C9H15N3O2. The van der Waals surface area contributed by atoms with Crippen molar-refractivity contribution in [3.05, 3.63) is 18.5 Å². The van der Waals surface area contributed by atoms with Gasteiger partial charge in [-0.05, 0) is 13.0 Å². The van der Waals surface area contributed by atoms with E-state index in [1.165, 1.54) is 4.90 Å². The Bertz CT molecular complexity index is 282. The summed E-state index contributed by atoms with van der Waals surface area (Å²) in [5.41, 5.74) is 0. The van der Waals surface area contributed by atoms with Gasteiger partial charge in [-0.25, -0.2) is 0 Å². The Morgan fingerprint density at radius 2 is 2.43 bits per heavy atom. The predicted octanol–water partition coefficient (Wildman–Crippen LogP) is -0.278. The van der Waals surface area contributed by atoms with Gasteiger partial charge in [0, 0.05) is 26.0 Å². The Labute approximate surface area is 82.9 Å². The maximum absolute atomic E-state index is 11.5. The van der Waals surface area contributed by atoms with Crippen LogP contribution in [0.5, 0.6) is 0 Å². The molecule has 1 heterocycles. The van der Waals surface area contributed by atoms with E-state index in [0.29, 0.717) is 6.54 Å². The van der Waals surface area contributed by atoms with E-state index in [9.17, 15) is 4.79 Å². The fourth-order valence-corrected chi connectivity index (χ4v) is 1.15. The van der Waals surface area contributed by atoms with Gasteiger partial charge in [-0.15, -0.1) is 0 Å². The molecule has 0 bridgehead atoms. The van der Waals surface area contributed by atoms with Gasteiger partial charge in [0.05, 0.1) is 6.10 Å². The monoisotopic (exact) mass is 197 g/mol. The molecule has 78 valence electrons. The van der Waals surface area contributed by atoms with Crippen molar-refractivity contribution in [3.8, 4) is 0 Å². The van der Waals surface area contributed by atoms with Crippen LogP contribution in [-0.2, 0) is 11.3 Å². The lowest BCUT2D eigenvalue weighted by atomic mass is 10.3. The highest BCUT2D eigenvalue weighted by molar-refractivity contribution is 5.75. The number of hydrogen-bond donors (Lipinski definition) is 1. The number of amides is 1. The largest absolute Gasteiger partial charge is 0.392 e. The van der Waals surface area contributed by atoms with Gasteiger partial charge in [0.1, 0.15) is 6.54 Å². The molecule has 0 aliphatic carbocycles. The first-order valence-electron chi connectivity index (χ1n) is 4.49. The minimum atomic E-state index is -0.499. The average Bonchev–Trinajstić information content (AvgIpc) is 2.55. The van der Waals surface area contributed by atoms with Crippen LogP contribution in [0.1, 0.15) is 6.92 Å². The van der Waals surface area contributed by atoms with Gasteiger partial charge in [0.15, 0.2) is 0 Å². The van der Waals surface area contributed by atoms with Gasteiger partial charge in [-0.1, -0.05) is 0 Å². The molecule has 0 aliphatic rings. The van der Waals surface area contributed by atoms with Crippen LogP contribution in [0, 0.1) is 0 Å². The molecule has 1 atom stereocenters. The zero-order chi connectivity index (χ0) is 10.6. The molecule has 0 saturated carbocycles. The van der Waals surface area contributed by atoms with Gasteiger partial charge in [0.2, 0.25) is 5.91 Å². The molecule has 0 radical (unpaired) electrons. The third kappa shape index (κ3) is 3.18. The molecule has 0 fully saturated rings. The Morgan fingerprint density at radius 1 is 1.71 bits per heavy atom. The number of aliphatic hydroxyl groups excluding tert-OH is 1. The molecule has 1 aromatic heterocycles. The number of aliphatic hydroxyl groups is 1. The molecule has 1 amide bonds. The summed E-state index contributed by atoms with van der Waals surface area (Å²) in [7, 11) is 1.67. The number of nitrogens with zero attached hydrogens (tertiary/aromatic N) is 3. The van der Waals surface area contributed by atoms with Crippen LogP contribution in [-0.4, -0.2) is 45.4 Å². The zero-order valence-corrected chi connectivity index (χ0v) is 8.42. The Kier molecular flexibility index (Phi) is 3.64. The van der Waals surface area contributed by atoms with Gasteiger partial charge >= 0.3 is 0 Å². The lowest BCUT2D eigenvalue weighted by Crippen LogP contribution is -2.35. The molecule has 5 nitrogen and oxygen atoms in total. The molecule has 1 unspecified atom stereocenters. The second kappa shape index (κ2) is 4.76. The van der Waals surface area contributed by atoms with E-state index in [1.54, 1.807) is 37.1 Å². The van der Waals surface area contributed by atoms with E-state index in [-0.39, 0.29) is 12.5 Å². The molecule has 14 heavy (non-hydrogen) atoms. The second-order valence-electron chi connectivity index (χ2n) is 3.33. The van der Waals surface area contributed by atoms with Crippen molar-refractivity contribution in [2.45, 2.75) is 19.6 Å². The lowest BCUT2D eigenvalue weighted by Gasteiger charge is -2.18. The van der Waals surface area contributed by atoms with Gasteiger partial charge in [-0.3, -0.25) is 9.48 Å². The van der Waals surface area contributed by atoms with Crippen LogP contribution in [0.25, 0.3) is 0 Å². The standard InChI is InChI=1S/C9H15N3O2/c1-8(13)6-11(2)9(14)7-12-5-3-4-10-12/h3-5,8,13H,6-7H2,1-2H3. The van der Waals surface area contributed by atoms with Crippen molar-refractivity contribution in [1.82, 2.24) is 14.7 Å². The van der Waals surface area contributed by atoms with Crippen LogP contribution < -0.4 is 0 Å². The normalized spacial score (nSPS) is 12.5. The van der Waals surface area contributed by atoms with E-state index in [0.717, 1.165) is 0 Å². The Hall–Kier alpha value is -1.36. The topological polar surface area (TPSA) is 58.4 Å². The summed E-state index contributed by atoms with van der Waals surface area (Å²) in [6.07, 6.45) is 2.86. The SMILES string of the molecule is CC(O)CN(C)C(=O)Cn1cccn1. The van der Waals surface area contributed by atoms with Crippen LogP contribution in [0.4, 0.5) is 0 Å². The molecular weight excluding hydrogens is 182 g/mol. The number of carbonyl (C=O) groups is 1. The number of rotatable bonds is 4. The third-order valence-corrected chi connectivity index (χ3v) is 1.82. The smallest absolute Gasteiger partial charge is 0.244 e. The van der Waals surface area contributed by atoms with E-state index in [1.807, 2.05) is 0 Å². The summed E-state index contributed by atoms with van der Waals surface area (Å²) in [5, 5.41) is 13.0. The number of carbonyl (C=O) groups excluding carboxylic acids is 1. The fourth-order valence-electron chi connectivity index (χ4n) is 1.15. The van der Waals surface area contributed by atoms with E-state index < -0.39 is 6.10 Å². The maximum Gasteiger partial charge on any atom is 0.244 e. The number of aromatic nitrogens is 2. The summed E-state index contributed by atoms with van der Waals surface area (Å²) < 4.78 is 1.56. The number of likely N-dealkylation sites (N-methyl/N-ethyl adjacent to an activating group) is 1. The van der Waals surface area contributed by atoms with Crippen LogP contribution in [0.3, 0.4) is 0 Å². The molecule has 0 aromatic carbocycles. The molecule has 0 saturated heterocycles. The van der Waals surface area contributed by atoms with Crippen molar-refractivity contribution in [2.24, 2.45) is 0 Å². The predicted molar refractivity (Wildman–Crippen MR) is 51.5 cm³/mol. The Balaban J connectivity index is 2.42. The highest BCUT2D eigenvalue weighted by Crippen LogP contribution is 1.93. The molecule has 5 heteroatoms.